The maximum absolute atomic E-state index is 13.5. The number of fused-ring (bicyclic) bond motifs is 3. The number of morpholine rings is 1. The van der Waals surface area contributed by atoms with Crippen LogP contribution >= 0.6 is 0 Å². The number of hydrogen-bond donors (Lipinski definition) is 1. The van der Waals surface area contributed by atoms with Crippen molar-refractivity contribution in [2.24, 2.45) is 0 Å². The molecule has 2 aliphatic heterocycles. The van der Waals surface area contributed by atoms with Crippen molar-refractivity contribution in [3.8, 4) is 11.4 Å². The summed E-state index contributed by atoms with van der Waals surface area (Å²) >= 11 is 0. The van der Waals surface area contributed by atoms with Gasteiger partial charge in [0.05, 0.1) is 19.8 Å². The molecule has 0 bridgehead atoms. The largest absolute Gasteiger partial charge is 0.421 e. The number of hydrogen-bond acceptors (Lipinski definition) is 8. The van der Waals surface area contributed by atoms with E-state index in [2.05, 4.69) is 19.9 Å². The monoisotopic (exact) mass is 421 g/mol. The van der Waals surface area contributed by atoms with Crippen molar-refractivity contribution in [1.82, 2.24) is 24.5 Å². The van der Waals surface area contributed by atoms with E-state index in [0.717, 1.165) is 0 Å². The van der Waals surface area contributed by atoms with Gasteiger partial charge in [-0.15, -0.1) is 0 Å². The minimum Gasteiger partial charge on any atom is -0.384 e. The summed E-state index contributed by atoms with van der Waals surface area (Å²) in [5, 5.41) is 0. The van der Waals surface area contributed by atoms with Crippen LogP contribution in [0.15, 0.2) is 18.3 Å². The molecule has 9 nitrogen and oxygen atoms in total. The number of imidazole rings is 1. The number of alkyl halides is 3. The van der Waals surface area contributed by atoms with E-state index in [-0.39, 0.29) is 19.0 Å². The Labute approximate surface area is 168 Å². The van der Waals surface area contributed by atoms with Crippen LogP contribution in [-0.4, -0.2) is 63.6 Å². The summed E-state index contributed by atoms with van der Waals surface area (Å²) in [6.45, 7) is 2.22. The number of ether oxygens (including phenoxy) is 2. The van der Waals surface area contributed by atoms with Crippen molar-refractivity contribution in [2.45, 2.75) is 18.8 Å². The summed E-state index contributed by atoms with van der Waals surface area (Å²) in [5.41, 5.74) is 6.93. The molecule has 0 radical (unpaired) electrons. The summed E-state index contributed by atoms with van der Waals surface area (Å²) in [6.07, 6.45) is -5.13. The fraction of sp³-hybridized carbons (Fsp3) is 0.444. The molecule has 0 aromatic carbocycles. The van der Waals surface area contributed by atoms with Crippen molar-refractivity contribution in [1.29, 1.82) is 0 Å². The normalized spacial score (nSPS) is 19.8. The van der Waals surface area contributed by atoms with Gasteiger partial charge in [-0.2, -0.15) is 13.2 Å². The Morgan fingerprint density at radius 3 is 2.53 bits per heavy atom. The van der Waals surface area contributed by atoms with Crippen molar-refractivity contribution < 1.29 is 22.6 Å². The molecule has 2 aliphatic rings. The lowest BCUT2D eigenvalue weighted by Gasteiger charge is -2.28. The van der Waals surface area contributed by atoms with Crippen LogP contribution in [0.5, 0.6) is 0 Å². The van der Waals surface area contributed by atoms with Gasteiger partial charge in [0.1, 0.15) is 11.6 Å². The molecule has 12 heteroatoms. The Bertz CT molecular complexity index is 1080. The molecule has 1 fully saturated rings. The molecule has 5 heterocycles. The zero-order chi connectivity index (χ0) is 20.9. The van der Waals surface area contributed by atoms with Crippen LogP contribution in [0.25, 0.3) is 22.6 Å². The molecule has 1 unspecified atom stereocenters. The quantitative estimate of drug-likeness (QED) is 0.670. The summed E-state index contributed by atoms with van der Waals surface area (Å²) in [6, 6.07) is 3.35. The Hall–Kier alpha value is -2.99. The third-order valence-corrected chi connectivity index (χ3v) is 5.09. The SMILES string of the molecule is Nc1ccc(-c2nc(N3CCOCC3)c3nc4n(c3n2)CCOC4C(F)(F)F)cn1. The first-order valence-corrected chi connectivity index (χ1v) is 9.43. The van der Waals surface area contributed by atoms with Gasteiger partial charge in [0.25, 0.3) is 0 Å². The summed E-state index contributed by atoms with van der Waals surface area (Å²) in [7, 11) is 0. The standard InChI is InChI=1S/C18H18F3N7O2/c19-18(20,21)13-17-24-12-15(27-3-6-29-7-4-27)25-14(10-1-2-11(22)23-9-10)26-16(12)28(17)5-8-30-13/h1-2,9,13H,3-8H2,(H2,22,23). The third-order valence-electron chi connectivity index (χ3n) is 5.09. The molecule has 30 heavy (non-hydrogen) atoms. The highest BCUT2D eigenvalue weighted by atomic mass is 19.4. The molecular formula is C18H18F3N7O2. The fourth-order valence-electron chi connectivity index (χ4n) is 3.66. The van der Waals surface area contributed by atoms with Crippen molar-refractivity contribution >= 4 is 22.8 Å². The molecule has 5 rings (SSSR count). The second-order valence-electron chi connectivity index (χ2n) is 7.03. The molecule has 2 N–H and O–H groups in total. The van der Waals surface area contributed by atoms with E-state index < -0.39 is 12.3 Å². The zero-order valence-corrected chi connectivity index (χ0v) is 15.8. The highest BCUT2D eigenvalue weighted by Crippen LogP contribution is 2.40. The molecule has 0 saturated carbocycles. The van der Waals surface area contributed by atoms with Crippen molar-refractivity contribution in [2.75, 3.05) is 43.5 Å². The molecular weight excluding hydrogens is 403 g/mol. The maximum Gasteiger partial charge on any atom is 0.421 e. The number of pyridine rings is 1. The highest BCUT2D eigenvalue weighted by Gasteiger charge is 2.47. The average molecular weight is 421 g/mol. The molecule has 0 spiro atoms. The molecule has 158 valence electrons. The van der Waals surface area contributed by atoms with E-state index >= 15 is 0 Å². The molecule has 3 aromatic heterocycles. The number of nitrogen functional groups attached to an aromatic ring is 1. The predicted molar refractivity (Wildman–Crippen MR) is 101 cm³/mol. The Kier molecular flexibility index (Phi) is 4.47. The highest BCUT2D eigenvalue weighted by molar-refractivity contribution is 5.86. The Morgan fingerprint density at radius 1 is 1.03 bits per heavy atom. The van der Waals surface area contributed by atoms with Gasteiger partial charge in [-0.3, -0.25) is 0 Å². The van der Waals surface area contributed by atoms with Gasteiger partial charge in [0, 0.05) is 31.4 Å². The first-order chi connectivity index (χ1) is 14.4. The van der Waals surface area contributed by atoms with Gasteiger partial charge in [-0.1, -0.05) is 0 Å². The first-order valence-electron chi connectivity index (χ1n) is 9.43. The van der Waals surface area contributed by atoms with E-state index in [9.17, 15) is 13.2 Å². The Balaban J connectivity index is 1.73. The molecule has 1 atom stereocenters. The number of halogens is 3. The van der Waals surface area contributed by atoms with Crippen LogP contribution < -0.4 is 10.6 Å². The van der Waals surface area contributed by atoms with Crippen LogP contribution in [0.3, 0.4) is 0 Å². The molecule has 0 amide bonds. The van der Waals surface area contributed by atoms with Crippen LogP contribution in [-0.2, 0) is 16.0 Å². The van der Waals surface area contributed by atoms with E-state index in [4.69, 9.17) is 15.2 Å². The number of nitrogens with zero attached hydrogens (tertiary/aromatic N) is 6. The Morgan fingerprint density at radius 2 is 1.83 bits per heavy atom. The number of aromatic nitrogens is 5. The van der Waals surface area contributed by atoms with Crippen LogP contribution in [0.2, 0.25) is 0 Å². The van der Waals surface area contributed by atoms with Crippen LogP contribution in [0.4, 0.5) is 24.8 Å². The summed E-state index contributed by atoms with van der Waals surface area (Å²) < 4.78 is 52.4. The maximum atomic E-state index is 13.5. The van der Waals surface area contributed by atoms with Gasteiger partial charge in [-0.05, 0) is 12.1 Å². The lowest BCUT2D eigenvalue weighted by atomic mass is 10.2. The number of nitrogens with two attached hydrogens (primary N) is 1. The minimum atomic E-state index is -4.57. The van der Waals surface area contributed by atoms with Gasteiger partial charge in [0.15, 0.2) is 22.8 Å². The second kappa shape index (κ2) is 7.06. The van der Waals surface area contributed by atoms with Gasteiger partial charge in [-0.25, -0.2) is 19.9 Å². The summed E-state index contributed by atoms with van der Waals surface area (Å²) in [5.74, 6) is 0.951. The number of anilines is 2. The first kappa shape index (κ1) is 19.0. The van der Waals surface area contributed by atoms with Crippen LogP contribution in [0, 0.1) is 0 Å². The molecule has 1 saturated heterocycles. The number of rotatable bonds is 2. The fourth-order valence-corrected chi connectivity index (χ4v) is 3.66. The van der Waals surface area contributed by atoms with Gasteiger partial charge in [0.2, 0.25) is 6.10 Å². The lowest BCUT2D eigenvalue weighted by Crippen LogP contribution is -2.37. The molecule has 3 aromatic rings. The lowest BCUT2D eigenvalue weighted by molar-refractivity contribution is -0.233. The van der Waals surface area contributed by atoms with E-state index in [1.165, 1.54) is 10.8 Å². The van der Waals surface area contributed by atoms with E-state index in [1.54, 1.807) is 12.1 Å². The topological polar surface area (TPSA) is 104 Å². The summed E-state index contributed by atoms with van der Waals surface area (Å²) in [4.78, 5) is 19.5. The average Bonchev–Trinajstić information content (AvgIpc) is 3.12. The van der Waals surface area contributed by atoms with E-state index in [1.807, 2.05) is 4.90 Å². The smallest absolute Gasteiger partial charge is 0.384 e. The van der Waals surface area contributed by atoms with Gasteiger partial charge < -0.3 is 24.7 Å². The van der Waals surface area contributed by atoms with Crippen molar-refractivity contribution in [3.63, 3.8) is 0 Å². The third kappa shape index (κ3) is 3.21. The van der Waals surface area contributed by atoms with Crippen LogP contribution in [0.1, 0.15) is 11.9 Å². The minimum absolute atomic E-state index is 0.0850. The van der Waals surface area contributed by atoms with E-state index in [0.29, 0.717) is 60.5 Å². The van der Waals surface area contributed by atoms with Gasteiger partial charge >= 0.3 is 6.18 Å². The second-order valence-corrected chi connectivity index (χ2v) is 7.03. The van der Waals surface area contributed by atoms with Crippen molar-refractivity contribution in [3.05, 3.63) is 24.2 Å². The predicted octanol–water partition coefficient (Wildman–Crippen LogP) is 1.94. The molecule has 0 aliphatic carbocycles. The zero-order valence-electron chi connectivity index (χ0n) is 15.8.